The molecule has 2 aromatic heterocycles. The van der Waals surface area contributed by atoms with Crippen molar-refractivity contribution in [1.29, 1.82) is 0 Å². The van der Waals surface area contributed by atoms with Gasteiger partial charge in [0.1, 0.15) is 11.6 Å². The average molecular weight is 442 g/mol. The van der Waals surface area contributed by atoms with Crippen molar-refractivity contribution in [1.82, 2.24) is 9.88 Å². The Balaban J connectivity index is 1.54. The van der Waals surface area contributed by atoms with Gasteiger partial charge in [-0.2, -0.15) is 0 Å². The lowest BCUT2D eigenvalue weighted by molar-refractivity contribution is -0.121. The molecule has 3 aromatic rings. The lowest BCUT2D eigenvalue weighted by Gasteiger charge is -2.32. The normalized spacial score (nSPS) is 16.5. The van der Waals surface area contributed by atoms with Gasteiger partial charge in [-0.1, -0.05) is 12.1 Å². The van der Waals surface area contributed by atoms with Gasteiger partial charge < -0.3 is 15.0 Å². The first kappa shape index (κ1) is 21.4. The standard InChI is InChI=1S/C23H24FN3O3S/c1-14-6-3-10-19(25-14)26-22(28)15-7-5-11-27(12-15)23(29)21-16(13-30-2)20-17(24)8-4-9-18(20)31-21/h3-4,6,8-10,15H,5,7,11-13H2,1-2H3,(H,25,26,28). The molecule has 1 saturated heterocycles. The van der Waals surface area contributed by atoms with E-state index in [4.69, 9.17) is 4.74 Å². The number of carbonyl (C=O) groups excluding carboxylic acids is 2. The van der Waals surface area contributed by atoms with E-state index in [2.05, 4.69) is 10.3 Å². The van der Waals surface area contributed by atoms with Gasteiger partial charge in [0, 0.05) is 41.5 Å². The zero-order valence-electron chi connectivity index (χ0n) is 17.5. The molecule has 162 valence electrons. The van der Waals surface area contributed by atoms with Crippen LogP contribution in [0.15, 0.2) is 36.4 Å². The number of rotatable bonds is 5. The number of hydrogen-bond donors (Lipinski definition) is 1. The Morgan fingerprint density at radius 3 is 2.87 bits per heavy atom. The molecule has 0 aliphatic carbocycles. The van der Waals surface area contributed by atoms with Gasteiger partial charge in [0.15, 0.2) is 0 Å². The summed E-state index contributed by atoms with van der Waals surface area (Å²) in [5.74, 6) is -0.497. The molecule has 1 aliphatic rings. The number of benzene rings is 1. The van der Waals surface area contributed by atoms with Crippen LogP contribution in [0.3, 0.4) is 0 Å². The molecule has 3 heterocycles. The molecule has 1 aliphatic heterocycles. The minimum absolute atomic E-state index is 0.143. The number of ether oxygens (including phenoxy) is 1. The monoisotopic (exact) mass is 441 g/mol. The second-order valence-corrected chi connectivity index (χ2v) is 8.75. The van der Waals surface area contributed by atoms with Gasteiger partial charge in [0.2, 0.25) is 5.91 Å². The van der Waals surface area contributed by atoms with E-state index >= 15 is 0 Å². The fourth-order valence-electron chi connectivity index (χ4n) is 3.98. The Morgan fingerprint density at radius 2 is 2.10 bits per heavy atom. The number of piperidine rings is 1. The van der Waals surface area contributed by atoms with E-state index < -0.39 is 0 Å². The molecule has 1 unspecified atom stereocenters. The summed E-state index contributed by atoms with van der Waals surface area (Å²) in [6.07, 6.45) is 1.43. The van der Waals surface area contributed by atoms with Crippen molar-refractivity contribution in [3.8, 4) is 0 Å². The number of carbonyl (C=O) groups is 2. The van der Waals surface area contributed by atoms with Crippen LogP contribution in [0, 0.1) is 18.7 Å². The van der Waals surface area contributed by atoms with Crippen molar-refractivity contribution in [3.63, 3.8) is 0 Å². The number of aromatic nitrogens is 1. The molecule has 0 saturated carbocycles. The van der Waals surface area contributed by atoms with Crippen molar-refractivity contribution in [2.45, 2.75) is 26.4 Å². The number of amides is 2. The number of methoxy groups -OCH3 is 1. The van der Waals surface area contributed by atoms with Gasteiger partial charge in [-0.3, -0.25) is 9.59 Å². The number of likely N-dealkylation sites (tertiary alicyclic amines) is 1. The number of anilines is 1. The van der Waals surface area contributed by atoms with Crippen LogP contribution >= 0.6 is 11.3 Å². The number of fused-ring (bicyclic) bond motifs is 1. The number of nitrogens with zero attached hydrogens (tertiary/aromatic N) is 2. The molecular weight excluding hydrogens is 417 g/mol. The summed E-state index contributed by atoms with van der Waals surface area (Å²) in [4.78, 5) is 32.6. The van der Waals surface area contributed by atoms with E-state index in [1.54, 1.807) is 23.1 Å². The van der Waals surface area contributed by atoms with E-state index in [0.717, 1.165) is 12.1 Å². The first-order chi connectivity index (χ1) is 15.0. The molecule has 0 radical (unpaired) electrons. The SMILES string of the molecule is COCc1c(C(=O)N2CCCC(C(=O)Nc3cccc(C)n3)C2)sc2cccc(F)c12. The molecule has 0 bridgehead atoms. The fourth-order valence-corrected chi connectivity index (χ4v) is 5.17. The van der Waals surface area contributed by atoms with Gasteiger partial charge in [-0.25, -0.2) is 9.37 Å². The van der Waals surface area contributed by atoms with Gasteiger partial charge in [0.25, 0.3) is 5.91 Å². The minimum atomic E-state index is -0.360. The summed E-state index contributed by atoms with van der Waals surface area (Å²) < 4.78 is 20.4. The van der Waals surface area contributed by atoms with Crippen LogP contribution in [0.25, 0.3) is 10.1 Å². The van der Waals surface area contributed by atoms with Gasteiger partial charge in [-0.15, -0.1) is 11.3 Å². The third-order valence-corrected chi connectivity index (χ3v) is 6.65. The van der Waals surface area contributed by atoms with Crippen molar-refractivity contribution in [3.05, 3.63) is 58.3 Å². The van der Waals surface area contributed by atoms with Crippen molar-refractivity contribution >= 4 is 39.1 Å². The van der Waals surface area contributed by atoms with Crippen LogP contribution in [0.2, 0.25) is 0 Å². The Labute approximate surface area is 184 Å². The van der Waals surface area contributed by atoms with Crippen LogP contribution in [0.4, 0.5) is 10.2 Å². The second kappa shape index (κ2) is 9.11. The van der Waals surface area contributed by atoms with E-state index in [0.29, 0.717) is 45.9 Å². The maximum absolute atomic E-state index is 14.5. The first-order valence-corrected chi connectivity index (χ1v) is 11.0. The average Bonchev–Trinajstić information content (AvgIpc) is 3.13. The Hall–Kier alpha value is -2.84. The summed E-state index contributed by atoms with van der Waals surface area (Å²) in [6.45, 7) is 2.90. The topological polar surface area (TPSA) is 71.5 Å². The highest BCUT2D eigenvalue weighted by atomic mass is 32.1. The second-order valence-electron chi connectivity index (χ2n) is 7.70. The van der Waals surface area contributed by atoms with Gasteiger partial charge >= 0.3 is 0 Å². The highest BCUT2D eigenvalue weighted by Crippen LogP contribution is 2.35. The lowest BCUT2D eigenvalue weighted by atomic mass is 9.96. The third-order valence-electron chi connectivity index (χ3n) is 5.47. The van der Waals surface area contributed by atoms with Crippen LogP contribution in [-0.4, -0.2) is 41.9 Å². The Kier molecular flexibility index (Phi) is 6.29. The van der Waals surface area contributed by atoms with Gasteiger partial charge in [-0.05, 0) is 44.0 Å². The molecule has 8 heteroatoms. The molecule has 4 rings (SSSR count). The highest BCUT2D eigenvalue weighted by Gasteiger charge is 2.31. The summed E-state index contributed by atoms with van der Waals surface area (Å²) in [5, 5.41) is 3.30. The number of nitrogens with one attached hydrogen (secondary N) is 1. The molecule has 1 N–H and O–H groups in total. The zero-order chi connectivity index (χ0) is 22.0. The third kappa shape index (κ3) is 4.45. The maximum atomic E-state index is 14.5. The summed E-state index contributed by atoms with van der Waals surface area (Å²) >= 11 is 1.27. The predicted molar refractivity (Wildman–Crippen MR) is 119 cm³/mol. The number of hydrogen-bond acceptors (Lipinski definition) is 5. The number of aryl methyl sites for hydroxylation is 1. The first-order valence-electron chi connectivity index (χ1n) is 10.2. The zero-order valence-corrected chi connectivity index (χ0v) is 18.3. The molecule has 6 nitrogen and oxygen atoms in total. The Morgan fingerprint density at radius 1 is 1.29 bits per heavy atom. The summed E-state index contributed by atoms with van der Waals surface area (Å²) in [6, 6.07) is 10.3. The summed E-state index contributed by atoms with van der Waals surface area (Å²) in [5.41, 5.74) is 1.39. The number of thiophene rings is 1. The molecule has 2 amide bonds. The van der Waals surface area contributed by atoms with E-state index in [9.17, 15) is 14.0 Å². The minimum Gasteiger partial charge on any atom is -0.380 e. The van der Waals surface area contributed by atoms with E-state index in [1.165, 1.54) is 24.5 Å². The molecule has 1 fully saturated rings. The van der Waals surface area contributed by atoms with Crippen molar-refractivity contribution in [2.24, 2.45) is 5.92 Å². The summed E-state index contributed by atoms with van der Waals surface area (Å²) in [7, 11) is 1.53. The molecule has 31 heavy (non-hydrogen) atoms. The fraction of sp³-hybridized carbons (Fsp3) is 0.348. The molecule has 1 atom stereocenters. The Bertz CT molecular complexity index is 1130. The molecular formula is C23H24FN3O3S. The maximum Gasteiger partial charge on any atom is 0.264 e. The van der Waals surface area contributed by atoms with Crippen LogP contribution in [-0.2, 0) is 16.1 Å². The quantitative estimate of drug-likeness (QED) is 0.638. The van der Waals surface area contributed by atoms with Crippen molar-refractivity contribution in [2.75, 3.05) is 25.5 Å². The smallest absolute Gasteiger partial charge is 0.264 e. The molecule has 1 aromatic carbocycles. The van der Waals surface area contributed by atoms with Crippen LogP contribution in [0.5, 0.6) is 0 Å². The lowest BCUT2D eigenvalue weighted by Crippen LogP contribution is -2.43. The number of pyridine rings is 1. The van der Waals surface area contributed by atoms with Crippen LogP contribution < -0.4 is 5.32 Å². The highest BCUT2D eigenvalue weighted by molar-refractivity contribution is 7.21. The number of halogens is 1. The van der Waals surface area contributed by atoms with E-state index in [-0.39, 0.29) is 30.2 Å². The largest absolute Gasteiger partial charge is 0.380 e. The predicted octanol–water partition coefficient (Wildman–Crippen LogP) is 4.38. The van der Waals surface area contributed by atoms with E-state index in [1.807, 2.05) is 19.1 Å². The van der Waals surface area contributed by atoms with Crippen molar-refractivity contribution < 1.29 is 18.7 Å². The van der Waals surface area contributed by atoms with Crippen LogP contribution in [0.1, 0.15) is 33.8 Å². The molecule has 0 spiro atoms. The van der Waals surface area contributed by atoms with Gasteiger partial charge in [0.05, 0.1) is 17.4 Å².